The Hall–Kier alpha value is -2.36. The van der Waals surface area contributed by atoms with E-state index in [1.165, 1.54) is 6.08 Å². The van der Waals surface area contributed by atoms with Gasteiger partial charge in [0.05, 0.1) is 18.4 Å². The molecule has 2 rings (SSSR count). The smallest absolute Gasteiger partial charge is 0.330 e. The molecule has 0 N–H and O–H groups in total. The summed E-state index contributed by atoms with van der Waals surface area (Å²) in [5, 5.41) is 1.05. The second kappa shape index (κ2) is 7.07. The maximum atomic E-state index is 11.4. The number of benzene rings is 1. The molecule has 0 spiro atoms. The number of rotatable bonds is 5. The van der Waals surface area contributed by atoms with Crippen molar-refractivity contribution in [3.05, 3.63) is 41.6 Å². The highest BCUT2D eigenvalue weighted by molar-refractivity contribution is 5.90. The molecule has 4 nitrogen and oxygen atoms in total. The molecule has 0 saturated carbocycles. The van der Waals surface area contributed by atoms with Gasteiger partial charge in [-0.05, 0) is 51.5 Å². The molecule has 0 fully saturated rings. The number of esters is 1. The fraction of sp³-hybridized carbons (Fsp3) is 0.333. The summed E-state index contributed by atoms with van der Waals surface area (Å²) in [5.41, 5.74) is 2.60. The van der Waals surface area contributed by atoms with Crippen molar-refractivity contribution in [2.45, 2.75) is 33.8 Å². The Balaban J connectivity index is 2.43. The number of hydrogen-bond donors (Lipinski definition) is 0. The standard InChI is InChI=1S/C18H21NO3/c1-5-21-17(20)10-9-14-11-13(4)15-7-6-8-16(18(15)19-14)22-12(2)3/h6-12H,5H2,1-4H3/b10-9+. The summed E-state index contributed by atoms with van der Waals surface area (Å²) in [7, 11) is 0. The molecule has 116 valence electrons. The summed E-state index contributed by atoms with van der Waals surface area (Å²) in [5.74, 6) is 0.385. The van der Waals surface area contributed by atoms with Crippen LogP contribution in [0.4, 0.5) is 0 Å². The molecule has 0 atom stereocenters. The highest BCUT2D eigenvalue weighted by Gasteiger charge is 2.08. The van der Waals surface area contributed by atoms with E-state index in [1.54, 1.807) is 13.0 Å². The van der Waals surface area contributed by atoms with Crippen LogP contribution in [0.25, 0.3) is 17.0 Å². The van der Waals surface area contributed by atoms with Crippen molar-refractivity contribution >= 4 is 22.9 Å². The molecule has 4 heteroatoms. The lowest BCUT2D eigenvalue weighted by Crippen LogP contribution is -2.06. The van der Waals surface area contributed by atoms with Crippen molar-refractivity contribution in [2.24, 2.45) is 0 Å². The predicted octanol–water partition coefficient (Wildman–Crippen LogP) is 3.91. The minimum absolute atomic E-state index is 0.0754. The Morgan fingerprint density at radius 2 is 2.14 bits per heavy atom. The topological polar surface area (TPSA) is 48.4 Å². The van der Waals surface area contributed by atoms with Crippen LogP contribution >= 0.6 is 0 Å². The fourth-order valence-corrected chi connectivity index (χ4v) is 2.20. The zero-order chi connectivity index (χ0) is 16.1. The minimum Gasteiger partial charge on any atom is -0.489 e. The number of hydrogen-bond acceptors (Lipinski definition) is 4. The minimum atomic E-state index is -0.367. The molecule has 0 bridgehead atoms. The monoisotopic (exact) mass is 299 g/mol. The molecule has 1 aromatic carbocycles. The highest BCUT2D eigenvalue weighted by Crippen LogP contribution is 2.27. The van der Waals surface area contributed by atoms with E-state index in [-0.39, 0.29) is 12.1 Å². The molecule has 0 aliphatic rings. The first-order valence-electron chi connectivity index (χ1n) is 7.43. The van der Waals surface area contributed by atoms with Crippen molar-refractivity contribution in [3.63, 3.8) is 0 Å². The Bertz CT molecular complexity index is 705. The van der Waals surface area contributed by atoms with E-state index < -0.39 is 0 Å². The molecule has 0 aliphatic heterocycles. The third-order valence-corrected chi connectivity index (χ3v) is 3.07. The Labute approximate surface area is 130 Å². The van der Waals surface area contributed by atoms with E-state index in [2.05, 4.69) is 4.98 Å². The van der Waals surface area contributed by atoms with E-state index in [0.717, 1.165) is 22.2 Å². The van der Waals surface area contributed by atoms with Crippen molar-refractivity contribution < 1.29 is 14.3 Å². The lowest BCUT2D eigenvalue weighted by atomic mass is 10.1. The van der Waals surface area contributed by atoms with Gasteiger partial charge < -0.3 is 9.47 Å². The van der Waals surface area contributed by atoms with Gasteiger partial charge in [-0.2, -0.15) is 0 Å². The molecule has 22 heavy (non-hydrogen) atoms. The summed E-state index contributed by atoms with van der Waals surface area (Å²) in [4.78, 5) is 16.0. The molecule has 1 heterocycles. The third-order valence-electron chi connectivity index (χ3n) is 3.07. The second-order valence-corrected chi connectivity index (χ2v) is 5.27. The van der Waals surface area contributed by atoms with Crippen molar-refractivity contribution in [1.29, 1.82) is 0 Å². The maximum absolute atomic E-state index is 11.4. The number of fused-ring (bicyclic) bond motifs is 1. The van der Waals surface area contributed by atoms with E-state index in [1.807, 2.05) is 45.0 Å². The largest absolute Gasteiger partial charge is 0.489 e. The first-order valence-corrected chi connectivity index (χ1v) is 7.43. The van der Waals surface area contributed by atoms with Gasteiger partial charge in [0.1, 0.15) is 11.3 Å². The number of carbonyl (C=O) groups is 1. The molecule has 0 amide bonds. The Kier molecular flexibility index (Phi) is 5.15. The zero-order valence-electron chi connectivity index (χ0n) is 13.4. The van der Waals surface area contributed by atoms with Gasteiger partial charge in [0.15, 0.2) is 0 Å². The molecular formula is C18H21NO3. The van der Waals surface area contributed by atoms with E-state index in [9.17, 15) is 4.79 Å². The molecule has 0 saturated heterocycles. The lowest BCUT2D eigenvalue weighted by molar-refractivity contribution is -0.137. The normalized spacial score (nSPS) is 11.3. The van der Waals surface area contributed by atoms with Gasteiger partial charge >= 0.3 is 5.97 Å². The van der Waals surface area contributed by atoms with Crippen LogP contribution < -0.4 is 4.74 Å². The Morgan fingerprint density at radius 3 is 2.82 bits per heavy atom. The van der Waals surface area contributed by atoms with Gasteiger partial charge in [-0.1, -0.05) is 12.1 Å². The van der Waals surface area contributed by atoms with Crippen LogP contribution in [0.1, 0.15) is 32.0 Å². The van der Waals surface area contributed by atoms with Crippen LogP contribution in [0.3, 0.4) is 0 Å². The number of aromatic nitrogens is 1. The first kappa shape index (κ1) is 16.0. The molecule has 0 unspecified atom stereocenters. The van der Waals surface area contributed by atoms with E-state index >= 15 is 0 Å². The number of nitrogens with zero attached hydrogens (tertiary/aromatic N) is 1. The van der Waals surface area contributed by atoms with Crippen molar-refractivity contribution in [2.75, 3.05) is 6.61 Å². The van der Waals surface area contributed by atoms with Gasteiger partial charge in [0, 0.05) is 11.5 Å². The van der Waals surface area contributed by atoms with Crippen molar-refractivity contribution in [3.8, 4) is 5.75 Å². The van der Waals surface area contributed by atoms with Crippen LogP contribution in [0.15, 0.2) is 30.3 Å². The molecule has 0 aliphatic carbocycles. The molecule has 0 radical (unpaired) electrons. The lowest BCUT2D eigenvalue weighted by Gasteiger charge is -2.13. The molecule has 1 aromatic heterocycles. The zero-order valence-corrected chi connectivity index (χ0v) is 13.4. The maximum Gasteiger partial charge on any atom is 0.330 e. The summed E-state index contributed by atoms with van der Waals surface area (Å²) in [6.07, 6.45) is 3.13. The number of aryl methyl sites for hydroxylation is 1. The van der Waals surface area contributed by atoms with Gasteiger partial charge in [-0.3, -0.25) is 0 Å². The first-order chi connectivity index (χ1) is 10.5. The fourth-order valence-electron chi connectivity index (χ4n) is 2.20. The van der Waals surface area contributed by atoms with Gasteiger partial charge in [0.2, 0.25) is 0 Å². The van der Waals surface area contributed by atoms with Gasteiger partial charge in [0.25, 0.3) is 0 Å². The summed E-state index contributed by atoms with van der Waals surface area (Å²) >= 11 is 0. The summed E-state index contributed by atoms with van der Waals surface area (Å²) < 4.78 is 10.7. The number of carbonyl (C=O) groups excluding carboxylic acids is 1. The highest BCUT2D eigenvalue weighted by atomic mass is 16.5. The summed E-state index contributed by atoms with van der Waals surface area (Å²) in [6.45, 7) is 8.12. The predicted molar refractivity (Wildman–Crippen MR) is 87.9 cm³/mol. The van der Waals surface area contributed by atoms with E-state index in [4.69, 9.17) is 9.47 Å². The SMILES string of the molecule is CCOC(=O)/C=C/c1cc(C)c2cccc(OC(C)C)c2n1. The van der Waals surface area contributed by atoms with Crippen LogP contribution in [-0.4, -0.2) is 23.7 Å². The van der Waals surface area contributed by atoms with Gasteiger partial charge in [-0.25, -0.2) is 9.78 Å². The second-order valence-electron chi connectivity index (χ2n) is 5.27. The quantitative estimate of drug-likeness (QED) is 0.620. The van der Waals surface area contributed by atoms with Gasteiger partial charge in [-0.15, -0.1) is 0 Å². The molecular weight excluding hydrogens is 278 g/mol. The van der Waals surface area contributed by atoms with E-state index in [0.29, 0.717) is 12.3 Å². The average molecular weight is 299 g/mol. The van der Waals surface area contributed by atoms with Crippen molar-refractivity contribution in [1.82, 2.24) is 4.98 Å². The molecule has 2 aromatic rings. The third kappa shape index (κ3) is 3.85. The van der Waals surface area contributed by atoms with Crippen LogP contribution in [-0.2, 0) is 9.53 Å². The summed E-state index contributed by atoms with van der Waals surface area (Å²) in [6, 6.07) is 7.83. The van der Waals surface area contributed by atoms with Crippen LogP contribution in [0.2, 0.25) is 0 Å². The number of pyridine rings is 1. The number of ether oxygens (including phenoxy) is 2. The van der Waals surface area contributed by atoms with Crippen LogP contribution in [0.5, 0.6) is 5.75 Å². The number of para-hydroxylation sites is 1. The van der Waals surface area contributed by atoms with Crippen LogP contribution in [0, 0.1) is 6.92 Å². The Morgan fingerprint density at radius 1 is 1.36 bits per heavy atom. The average Bonchev–Trinajstić information content (AvgIpc) is 2.46.